The lowest BCUT2D eigenvalue weighted by molar-refractivity contribution is 0.0590. The standard InChI is InChI=1S/C16H20N4O3S/c1-9-14(20(5)15(22)23-16(2,3)4)24-13(19-9)11-6-10(12(17)21)7-18-8-11/h6-8H,1-5H3,(H2,17,21). The summed E-state index contributed by atoms with van der Waals surface area (Å²) in [7, 11) is 1.64. The minimum absolute atomic E-state index is 0.308. The first-order chi connectivity index (χ1) is 11.1. The van der Waals surface area contributed by atoms with Crippen LogP contribution in [-0.4, -0.2) is 34.6 Å². The maximum atomic E-state index is 12.2. The van der Waals surface area contributed by atoms with E-state index in [1.54, 1.807) is 19.3 Å². The Morgan fingerprint density at radius 2 is 1.96 bits per heavy atom. The van der Waals surface area contributed by atoms with Crippen LogP contribution in [-0.2, 0) is 4.74 Å². The van der Waals surface area contributed by atoms with Crippen LogP contribution in [0.2, 0.25) is 0 Å². The molecule has 0 unspecified atom stereocenters. The maximum Gasteiger partial charge on any atom is 0.415 e. The Morgan fingerprint density at radius 1 is 1.29 bits per heavy atom. The molecule has 24 heavy (non-hydrogen) atoms. The number of aryl methyl sites for hydroxylation is 1. The molecule has 2 aromatic heterocycles. The van der Waals surface area contributed by atoms with Gasteiger partial charge < -0.3 is 10.5 Å². The lowest BCUT2D eigenvalue weighted by atomic mass is 10.2. The largest absolute Gasteiger partial charge is 0.443 e. The number of carbonyl (C=O) groups is 2. The zero-order valence-corrected chi connectivity index (χ0v) is 15.1. The average Bonchev–Trinajstić information content (AvgIpc) is 2.86. The van der Waals surface area contributed by atoms with Crippen molar-refractivity contribution in [2.45, 2.75) is 33.3 Å². The number of rotatable bonds is 3. The van der Waals surface area contributed by atoms with Crippen LogP contribution in [0, 0.1) is 6.92 Å². The number of carbonyl (C=O) groups excluding carboxylic acids is 2. The van der Waals surface area contributed by atoms with Gasteiger partial charge in [0.2, 0.25) is 5.91 Å². The Hall–Kier alpha value is -2.48. The highest BCUT2D eigenvalue weighted by Gasteiger charge is 2.24. The second-order valence-electron chi connectivity index (χ2n) is 6.28. The van der Waals surface area contributed by atoms with Crippen LogP contribution in [0.4, 0.5) is 9.80 Å². The number of nitrogens with two attached hydrogens (primary N) is 1. The minimum atomic E-state index is -0.577. The molecule has 8 heteroatoms. The summed E-state index contributed by atoms with van der Waals surface area (Å²) in [6.07, 6.45) is 2.55. The molecular formula is C16H20N4O3S. The van der Waals surface area contributed by atoms with Gasteiger partial charge in [-0.25, -0.2) is 9.78 Å². The Kier molecular flexibility index (Phi) is 4.88. The fourth-order valence-corrected chi connectivity index (χ4v) is 2.93. The van der Waals surface area contributed by atoms with Crippen molar-refractivity contribution in [1.29, 1.82) is 0 Å². The van der Waals surface area contributed by atoms with Gasteiger partial charge in [-0.1, -0.05) is 11.3 Å². The van der Waals surface area contributed by atoms with E-state index in [1.807, 2.05) is 27.7 Å². The quantitative estimate of drug-likeness (QED) is 0.919. The van der Waals surface area contributed by atoms with Crippen molar-refractivity contribution >= 4 is 28.3 Å². The number of amides is 2. The highest BCUT2D eigenvalue weighted by Crippen LogP contribution is 2.34. The van der Waals surface area contributed by atoms with Crippen molar-refractivity contribution in [2.75, 3.05) is 11.9 Å². The third-order valence-electron chi connectivity index (χ3n) is 3.01. The number of thiazole rings is 1. The van der Waals surface area contributed by atoms with E-state index < -0.39 is 17.6 Å². The van der Waals surface area contributed by atoms with Crippen LogP contribution in [0.25, 0.3) is 10.6 Å². The number of aromatic nitrogens is 2. The fraction of sp³-hybridized carbons (Fsp3) is 0.375. The van der Waals surface area contributed by atoms with Gasteiger partial charge in [-0.3, -0.25) is 14.7 Å². The van der Waals surface area contributed by atoms with Crippen molar-refractivity contribution in [3.63, 3.8) is 0 Å². The molecule has 2 N–H and O–H groups in total. The number of hydrogen-bond donors (Lipinski definition) is 1. The molecular weight excluding hydrogens is 328 g/mol. The van der Waals surface area contributed by atoms with Crippen molar-refractivity contribution in [3.05, 3.63) is 29.7 Å². The smallest absolute Gasteiger partial charge is 0.415 e. The second kappa shape index (κ2) is 6.56. The molecule has 0 saturated heterocycles. The number of ether oxygens (including phenoxy) is 1. The molecule has 0 bridgehead atoms. The van der Waals surface area contributed by atoms with E-state index in [1.165, 1.54) is 22.4 Å². The predicted molar refractivity (Wildman–Crippen MR) is 93.2 cm³/mol. The topological polar surface area (TPSA) is 98.4 Å². The summed E-state index contributed by atoms with van der Waals surface area (Å²) in [6, 6.07) is 1.63. The number of anilines is 1. The SMILES string of the molecule is Cc1nc(-c2cncc(C(N)=O)c2)sc1N(C)C(=O)OC(C)(C)C. The van der Waals surface area contributed by atoms with Crippen LogP contribution < -0.4 is 10.6 Å². The molecule has 2 aromatic rings. The summed E-state index contributed by atoms with van der Waals surface area (Å²) in [6.45, 7) is 7.24. The first-order valence-electron chi connectivity index (χ1n) is 7.28. The van der Waals surface area contributed by atoms with Gasteiger partial charge in [0.15, 0.2) is 0 Å². The zero-order valence-electron chi connectivity index (χ0n) is 14.3. The van der Waals surface area contributed by atoms with Gasteiger partial charge in [0.05, 0.1) is 11.3 Å². The summed E-state index contributed by atoms with van der Waals surface area (Å²) in [4.78, 5) is 33.4. The van der Waals surface area contributed by atoms with Crippen molar-refractivity contribution < 1.29 is 14.3 Å². The van der Waals surface area contributed by atoms with E-state index >= 15 is 0 Å². The molecule has 0 aromatic carbocycles. The van der Waals surface area contributed by atoms with Crippen LogP contribution in [0.5, 0.6) is 0 Å². The number of hydrogen-bond acceptors (Lipinski definition) is 6. The molecule has 0 radical (unpaired) electrons. The van der Waals surface area contributed by atoms with Crippen molar-refractivity contribution in [2.24, 2.45) is 5.73 Å². The Bertz CT molecular complexity index is 780. The molecule has 0 saturated carbocycles. The molecule has 7 nitrogen and oxygen atoms in total. The zero-order chi connectivity index (χ0) is 18.1. The molecule has 0 aliphatic heterocycles. The predicted octanol–water partition coefficient (Wildman–Crippen LogP) is 2.98. The Morgan fingerprint density at radius 3 is 2.54 bits per heavy atom. The fourth-order valence-electron chi connectivity index (χ4n) is 1.93. The van der Waals surface area contributed by atoms with Gasteiger partial charge in [-0.15, -0.1) is 0 Å². The number of primary amides is 1. The van der Waals surface area contributed by atoms with Gasteiger partial charge >= 0.3 is 6.09 Å². The van der Waals surface area contributed by atoms with Crippen LogP contribution in [0.3, 0.4) is 0 Å². The van der Waals surface area contributed by atoms with E-state index in [0.717, 1.165) is 0 Å². The summed E-state index contributed by atoms with van der Waals surface area (Å²) in [5.74, 6) is -0.552. The molecule has 0 spiro atoms. The molecule has 2 amide bonds. The van der Waals surface area contributed by atoms with E-state index in [2.05, 4.69) is 9.97 Å². The lowest BCUT2D eigenvalue weighted by Gasteiger charge is -2.23. The molecule has 0 fully saturated rings. The van der Waals surface area contributed by atoms with Crippen molar-refractivity contribution in [3.8, 4) is 10.6 Å². The Balaban J connectivity index is 2.32. The Labute approximate surface area is 144 Å². The van der Waals surface area contributed by atoms with E-state index in [0.29, 0.717) is 26.8 Å². The highest BCUT2D eigenvalue weighted by atomic mass is 32.1. The van der Waals surface area contributed by atoms with Gasteiger partial charge in [0.25, 0.3) is 0 Å². The molecule has 0 aliphatic carbocycles. The number of nitrogens with zero attached hydrogens (tertiary/aromatic N) is 3. The summed E-state index contributed by atoms with van der Waals surface area (Å²) >= 11 is 1.32. The van der Waals surface area contributed by atoms with Gasteiger partial charge in [0.1, 0.15) is 15.6 Å². The van der Waals surface area contributed by atoms with E-state index in [4.69, 9.17) is 10.5 Å². The van der Waals surface area contributed by atoms with Crippen LogP contribution >= 0.6 is 11.3 Å². The molecule has 128 valence electrons. The maximum absolute atomic E-state index is 12.2. The second-order valence-corrected chi connectivity index (χ2v) is 7.25. The van der Waals surface area contributed by atoms with Crippen LogP contribution in [0.1, 0.15) is 36.8 Å². The van der Waals surface area contributed by atoms with Gasteiger partial charge in [0, 0.05) is 25.0 Å². The molecule has 0 aliphatic rings. The van der Waals surface area contributed by atoms with Gasteiger partial charge in [-0.2, -0.15) is 0 Å². The average molecular weight is 348 g/mol. The normalized spacial score (nSPS) is 11.2. The molecule has 0 atom stereocenters. The minimum Gasteiger partial charge on any atom is -0.443 e. The van der Waals surface area contributed by atoms with E-state index in [9.17, 15) is 9.59 Å². The molecule has 2 rings (SSSR count). The monoisotopic (exact) mass is 348 g/mol. The summed E-state index contributed by atoms with van der Waals surface area (Å²) in [5.41, 5.74) is 6.37. The summed E-state index contributed by atoms with van der Waals surface area (Å²) in [5, 5.41) is 1.32. The summed E-state index contributed by atoms with van der Waals surface area (Å²) < 4.78 is 5.37. The number of pyridine rings is 1. The van der Waals surface area contributed by atoms with Crippen molar-refractivity contribution in [1.82, 2.24) is 9.97 Å². The third-order valence-corrected chi connectivity index (χ3v) is 4.30. The van der Waals surface area contributed by atoms with Gasteiger partial charge in [-0.05, 0) is 33.8 Å². The first kappa shape index (κ1) is 17.9. The highest BCUT2D eigenvalue weighted by molar-refractivity contribution is 7.19. The molecule has 2 heterocycles. The van der Waals surface area contributed by atoms with E-state index in [-0.39, 0.29) is 0 Å². The van der Waals surface area contributed by atoms with Crippen LogP contribution in [0.15, 0.2) is 18.5 Å². The third kappa shape index (κ3) is 4.08. The first-order valence-corrected chi connectivity index (χ1v) is 8.09. The lowest BCUT2D eigenvalue weighted by Crippen LogP contribution is -2.34.